The summed E-state index contributed by atoms with van der Waals surface area (Å²) in [6.45, 7) is 1.96. The summed E-state index contributed by atoms with van der Waals surface area (Å²) >= 11 is 0. The number of rotatable bonds is 5. The Kier molecular flexibility index (Phi) is 5.16. The number of anilines is 1. The fourth-order valence-electron chi connectivity index (χ4n) is 2.94. The molecule has 1 saturated heterocycles. The van der Waals surface area contributed by atoms with Crippen molar-refractivity contribution in [2.24, 2.45) is 4.99 Å². The van der Waals surface area contributed by atoms with Crippen molar-refractivity contribution in [3.63, 3.8) is 0 Å². The summed E-state index contributed by atoms with van der Waals surface area (Å²) in [4.78, 5) is 6.36. The molecule has 1 fully saturated rings. The Balaban J connectivity index is 1.96. The van der Waals surface area contributed by atoms with Crippen molar-refractivity contribution in [2.45, 2.75) is 12.8 Å². The van der Waals surface area contributed by atoms with Crippen LogP contribution in [0.25, 0.3) is 0 Å². The lowest BCUT2D eigenvalue weighted by Crippen LogP contribution is -2.18. The number of methoxy groups -OCH3 is 2. The molecule has 1 heterocycles. The molecule has 2 aromatic carbocycles. The van der Waals surface area contributed by atoms with E-state index in [1.807, 2.05) is 12.1 Å². The lowest BCUT2D eigenvalue weighted by atomic mass is 10.1. The van der Waals surface area contributed by atoms with Crippen molar-refractivity contribution in [2.75, 3.05) is 32.2 Å². The van der Waals surface area contributed by atoms with Crippen molar-refractivity contribution in [1.29, 1.82) is 0 Å². The van der Waals surface area contributed by atoms with Crippen LogP contribution in [-0.4, -0.2) is 33.5 Å². The maximum absolute atomic E-state index is 13.7. The Morgan fingerprint density at radius 1 is 1.00 bits per heavy atom. The first kappa shape index (κ1) is 17.2. The summed E-state index contributed by atoms with van der Waals surface area (Å²) in [5.74, 6) is -0.0146. The van der Waals surface area contributed by atoms with E-state index in [9.17, 15) is 8.78 Å². The molecular weight excluding hydrogens is 326 g/mol. The second-order valence-electron chi connectivity index (χ2n) is 5.81. The molecule has 0 aliphatic carbocycles. The largest absolute Gasteiger partial charge is 0.496 e. The van der Waals surface area contributed by atoms with E-state index in [2.05, 4.69) is 9.89 Å². The summed E-state index contributed by atoms with van der Waals surface area (Å²) in [6.07, 6.45) is 3.79. The van der Waals surface area contributed by atoms with Crippen LogP contribution in [0.1, 0.15) is 18.4 Å². The van der Waals surface area contributed by atoms with E-state index in [1.165, 1.54) is 18.3 Å². The smallest absolute Gasteiger partial charge is 0.151 e. The zero-order valence-electron chi connectivity index (χ0n) is 14.3. The molecule has 25 heavy (non-hydrogen) atoms. The monoisotopic (exact) mass is 346 g/mol. The molecule has 3 rings (SSSR count). The third kappa shape index (κ3) is 3.73. The van der Waals surface area contributed by atoms with E-state index >= 15 is 0 Å². The number of benzene rings is 2. The molecule has 0 atom stereocenters. The van der Waals surface area contributed by atoms with Crippen LogP contribution < -0.4 is 14.4 Å². The second-order valence-corrected chi connectivity index (χ2v) is 5.81. The average Bonchev–Trinajstić information content (AvgIpc) is 3.14. The van der Waals surface area contributed by atoms with Gasteiger partial charge in [-0.2, -0.15) is 0 Å². The van der Waals surface area contributed by atoms with E-state index in [-0.39, 0.29) is 5.69 Å². The van der Waals surface area contributed by atoms with Crippen molar-refractivity contribution in [3.05, 3.63) is 47.5 Å². The third-order valence-electron chi connectivity index (χ3n) is 4.23. The highest BCUT2D eigenvalue weighted by molar-refractivity contribution is 5.88. The van der Waals surface area contributed by atoms with Crippen LogP contribution in [0.15, 0.2) is 35.3 Å². The predicted molar refractivity (Wildman–Crippen MR) is 94.6 cm³/mol. The zero-order valence-corrected chi connectivity index (χ0v) is 14.3. The van der Waals surface area contributed by atoms with Gasteiger partial charge in [0.1, 0.15) is 17.3 Å². The lowest BCUT2D eigenvalue weighted by Gasteiger charge is -2.22. The molecule has 0 aromatic heterocycles. The van der Waals surface area contributed by atoms with Crippen molar-refractivity contribution >= 4 is 17.6 Å². The molecule has 0 saturated carbocycles. The molecule has 0 radical (unpaired) electrons. The van der Waals surface area contributed by atoms with Gasteiger partial charge in [0.15, 0.2) is 5.82 Å². The predicted octanol–water partition coefficient (Wildman–Crippen LogP) is 4.33. The first-order valence-corrected chi connectivity index (χ1v) is 8.12. The van der Waals surface area contributed by atoms with Gasteiger partial charge in [0.25, 0.3) is 0 Å². The minimum Gasteiger partial charge on any atom is -0.496 e. The number of halogens is 2. The Bertz CT molecular complexity index is 787. The van der Waals surface area contributed by atoms with Crippen LogP contribution in [-0.2, 0) is 0 Å². The molecule has 2 aromatic rings. The van der Waals surface area contributed by atoms with Crippen molar-refractivity contribution in [3.8, 4) is 11.5 Å². The maximum Gasteiger partial charge on any atom is 0.151 e. The van der Waals surface area contributed by atoms with Gasteiger partial charge in [0.05, 0.1) is 25.6 Å². The highest BCUT2D eigenvalue weighted by atomic mass is 19.1. The van der Waals surface area contributed by atoms with Crippen LogP contribution in [0.3, 0.4) is 0 Å². The SMILES string of the molecule is COc1cc(N2CCCC2)c(OC)cc1C=Nc1ccc(F)cc1F. The molecule has 4 nitrogen and oxygen atoms in total. The quantitative estimate of drug-likeness (QED) is 0.756. The standard InChI is InChI=1S/C19H20F2N2O2/c1-24-18-11-17(23-7-3-4-8-23)19(25-2)9-13(18)12-22-16-6-5-14(20)10-15(16)21/h5-6,9-12H,3-4,7-8H2,1-2H3. The molecule has 0 spiro atoms. The van der Waals surface area contributed by atoms with Gasteiger partial charge in [-0.3, -0.25) is 4.99 Å². The fraction of sp³-hybridized carbons (Fsp3) is 0.316. The van der Waals surface area contributed by atoms with Gasteiger partial charge in [-0.25, -0.2) is 8.78 Å². The topological polar surface area (TPSA) is 34.1 Å². The summed E-state index contributed by atoms with van der Waals surface area (Å²) in [7, 11) is 3.19. The Morgan fingerprint density at radius 2 is 1.72 bits per heavy atom. The van der Waals surface area contributed by atoms with Crippen LogP contribution in [0, 0.1) is 11.6 Å². The van der Waals surface area contributed by atoms with E-state index < -0.39 is 11.6 Å². The van der Waals surface area contributed by atoms with Crippen LogP contribution >= 0.6 is 0 Å². The second kappa shape index (κ2) is 7.51. The number of ether oxygens (including phenoxy) is 2. The molecule has 1 aliphatic rings. The molecular formula is C19H20F2N2O2. The van der Waals surface area contributed by atoms with Crippen molar-refractivity contribution < 1.29 is 18.3 Å². The minimum absolute atomic E-state index is 0.0611. The molecule has 132 valence electrons. The van der Waals surface area contributed by atoms with Crippen LogP contribution in [0.2, 0.25) is 0 Å². The van der Waals surface area contributed by atoms with Gasteiger partial charge < -0.3 is 14.4 Å². The maximum atomic E-state index is 13.7. The van der Waals surface area contributed by atoms with E-state index in [4.69, 9.17) is 9.47 Å². The summed E-state index contributed by atoms with van der Waals surface area (Å²) in [6, 6.07) is 7.00. The Hall–Kier alpha value is -2.63. The minimum atomic E-state index is -0.712. The summed E-state index contributed by atoms with van der Waals surface area (Å²) in [5.41, 5.74) is 1.69. The fourth-order valence-corrected chi connectivity index (χ4v) is 2.94. The first-order valence-electron chi connectivity index (χ1n) is 8.12. The van der Waals surface area contributed by atoms with Gasteiger partial charge in [0.2, 0.25) is 0 Å². The van der Waals surface area contributed by atoms with Crippen molar-refractivity contribution in [1.82, 2.24) is 0 Å². The number of nitrogens with zero attached hydrogens (tertiary/aromatic N) is 2. The molecule has 6 heteroatoms. The summed E-state index contributed by atoms with van der Waals surface area (Å²) in [5, 5.41) is 0. The van der Waals surface area contributed by atoms with Gasteiger partial charge >= 0.3 is 0 Å². The Morgan fingerprint density at radius 3 is 2.36 bits per heavy atom. The molecule has 0 bridgehead atoms. The summed E-state index contributed by atoms with van der Waals surface area (Å²) < 4.78 is 37.7. The average molecular weight is 346 g/mol. The zero-order chi connectivity index (χ0) is 17.8. The number of hydrogen-bond donors (Lipinski definition) is 0. The van der Waals surface area contributed by atoms with Gasteiger partial charge in [-0.05, 0) is 31.0 Å². The van der Waals surface area contributed by atoms with E-state index in [1.54, 1.807) is 14.2 Å². The molecule has 0 amide bonds. The van der Waals surface area contributed by atoms with E-state index in [0.717, 1.165) is 37.7 Å². The first-order chi connectivity index (χ1) is 12.1. The van der Waals surface area contributed by atoms with Gasteiger partial charge in [-0.15, -0.1) is 0 Å². The van der Waals surface area contributed by atoms with Crippen LogP contribution in [0.4, 0.5) is 20.2 Å². The van der Waals surface area contributed by atoms with Gasteiger partial charge in [0, 0.05) is 37.0 Å². The molecule has 0 N–H and O–H groups in total. The normalized spacial score (nSPS) is 14.3. The van der Waals surface area contributed by atoms with E-state index in [0.29, 0.717) is 17.1 Å². The lowest BCUT2D eigenvalue weighted by molar-refractivity contribution is 0.402. The highest BCUT2D eigenvalue weighted by Gasteiger charge is 2.19. The Labute approximate surface area is 145 Å². The number of hydrogen-bond acceptors (Lipinski definition) is 4. The molecule has 1 aliphatic heterocycles. The van der Waals surface area contributed by atoms with Crippen LogP contribution in [0.5, 0.6) is 11.5 Å². The molecule has 0 unspecified atom stereocenters. The highest BCUT2D eigenvalue weighted by Crippen LogP contribution is 2.36. The third-order valence-corrected chi connectivity index (χ3v) is 4.23. The van der Waals surface area contributed by atoms with Gasteiger partial charge in [-0.1, -0.05) is 0 Å². The number of aliphatic imine (C=N–C) groups is 1.